The number of hydrogen-bond donors (Lipinski definition) is 5. The lowest BCUT2D eigenvalue weighted by Crippen LogP contribution is -2.27. The number of carbonyl (C=O) groups is 2. The SMILES string of the molecule is CCCCNc1nc(NCCc2ccc(C=O)cc2)nc(Nc2cccc(C(=O)NCCOCCOCCN)c2)n1. The molecule has 1 aromatic heterocycles. The fourth-order valence-electron chi connectivity index (χ4n) is 3.66. The van der Waals surface area contributed by atoms with Crippen LogP contribution in [-0.4, -0.2) is 79.8 Å². The molecule has 0 aliphatic carbocycles. The van der Waals surface area contributed by atoms with Gasteiger partial charge < -0.3 is 36.5 Å². The molecule has 220 valence electrons. The van der Waals surface area contributed by atoms with Crippen LogP contribution in [0.15, 0.2) is 48.5 Å². The molecule has 0 radical (unpaired) electrons. The van der Waals surface area contributed by atoms with Crippen LogP contribution in [0.2, 0.25) is 0 Å². The number of unbranched alkanes of at least 4 members (excludes halogenated alkanes) is 1. The van der Waals surface area contributed by atoms with E-state index in [0.29, 0.717) is 80.7 Å². The van der Waals surface area contributed by atoms with Gasteiger partial charge in [-0.15, -0.1) is 0 Å². The molecular weight excluding hydrogens is 524 g/mol. The van der Waals surface area contributed by atoms with Crippen LogP contribution in [0.5, 0.6) is 0 Å². The van der Waals surface area contributed by atoms with Crippen LogP contribution < -0.4 is 27.0 Å². The minimum absolute atomic E-state index is 0.210. The maximum atomic E-state index is 12.6. The van der Waals surface area contributed by atoms with Crippen molar-refractivity contribution in [1.82, 2.24) is 20.3 Å². The van der Waals surface area contributed by atoms with E-state index in [-0.39, 0.29) is 5.91 Å². The summed E-state index contributed by atoms with van der Waals surface area (Å²) in [4.78, 5) is 37.0. The Bertz CT molecular complexity index is 1210. The van der Waals surface area contributed by atoms with Crippen molar-refractivity contribution in [3.63, 3.8) is 0 Å². The van der Waals surface area contributed by atoms with Crippen LogP contribution in [0.4, 0.5) is 23.5 Å². The largest absolute Gasteiger partial charge is 0.378 e. The first-order chi connectivity index (χ1) is 20.1. The average molecular weight is 565 g/mol. The van der Waals surface area contributed by atoms with Crippen molar-refractivity contribution in [1.29, 1.82) is 0 Å². The van der Waals surface area contributed by atoms with E-state index in [1.165, 1.54) is 0 Å². The Hall–Kier alpha value is -4.13. The molecule has 0 bridgehead atoms. The van der Waals surface area contributed by atoms with Crippen LogP contribution in [0.3, 0.4) is 0 Å². The molecule has 3 aromatic rings. The molecule has 6 N–H and O–H groups in total. The first-order valence-electron chi connectivity index (χ1n) is 13.9. The second-order valence-electron chi connectivity index (χ2n) is 9.10. The van der Waals surface area contributed by atoms with Gasteiger partial charge in [-0.2, -0.15) is 15.0 Å². The van der Waals surface area contributed by atoms with Crippen LogP contribution in [-0.2, 0) is 15.9 Å². The summed E-state index contributed by atoms with van der Waals surface area (Å²) in [5.74, 6) is 1.02. The van der Waals surface area contributed by atoms with Crippen molar-refractivity contribution < 1.29 is 19.1 Å². The van der Waals surface area contributed by atoms with Gasteiger partial charge in [0.15, 0.2) is 0 Å². The lowest BCUT2D eigenvalue weighted by molar-refractivity contribution is 0.0511. The molecule has 0 spiro atoms. The van der Waals surface area contributed by atoms with E-state index in [1.807, 2.05) is 18.2 Å². The van der Waals surface area contributed by atoms with Crippen molar-refractivity contribution in [2.45, 2.75) is 26.2 Å². The highest BCUT2D eigenvalue weighted by molar-refractivity contribution is 5.95. The molecule has 0 aliphatic heterocycles. The third kappa shape index (κ3) is 11.9. The van der Waals surface area contributed by atoms with E-state index in [1.54, 1.807) is 30.3 Å². The van der Waals surface area contributed by atoms with Crippen molar-refractivity contribution in [2.24, 2.45) is 5.73 Å². The summed E-state index contributed by atoms with van der Waals surface area (Å²) in [6, 6.07) is 14.6. The Balaban J connectivity index is 1.58. The summed E-state index contributed by atoms with van der Waals surface area (Å²) >= 11 is 0. The normalized spacial score (nSPS) is 10.7. The summed E-state index contributed by atoms with van der Waals surface area (Å²) in [5, 5.41) is 12.5. The Morgan fingerprint density at radius 2 is 1.59 bits per heavy atom. The minimum atomic E-state index is -0.210. The van der Waals surface area contributed by atoms with E-state index >= 15 is 0 Å². The average Bonchev–Trinajstić information content (AvgIpc) is 2.99. The number of aromatic nitrogens is 3. The number of anilines is 4. The van der Waals surface area contributed by atoms with Crippen LogP contribution in [0.1, 0.15) is 46.0 Å². The van der Waals surface area contributed by atoms with Crippen LogP contribution >= 0.6 is 0 Å². The molecule has 0 saturated heterocycles. The Labute approximate surface area is 240 Å². The molecule has 12 heteroatoms. The topological polar surface area (TPSA) is 165 Å². The number of carbonyl (C=O) groups excluding carboxylic acids is 2. The van der Waals surface area contributed by atoms with Gasteiger partial charge in [-0.25, -0.2) is 0 Å². The second-order valence-corrected chi connectivity index (χ2v) is 9.10. The minimum Gasteiger partial charge on any atom is -0.378 e. The van der Waals surface area contributed by atoms with Crippen molar-refractivity contribution in [3.05, 3.63) is 65.2 Å². The first-order valence-corrected chi connectivity index (χ1v) is 13.9. The van der Waals surface area contributed by atoms with Crippen LogP contribution in [0, 0.1) is 0 Å². The Morgan fingerprint density at radius 3 is 2.29 bits per heavy atom. The fraction of sp³-hybridized carbons (Fsp3) is 0.414. The van der Waals surface area contributed by atoms with Gasteiger partial charge in [0, 0.05) is 43.0 Å². The number of amides is 1. The molecular formula is C29H40N8O4. The highest BCUT2D eigenvalue weighted by Gasteiger charge is 2.10. The smallest absolute Gasteiger partial charge is 0.251 e. The van der Waals surface area contributed by atoms with Gasteiger partial charge in [-0.3, -0.25) is 9.59 Å². The zero-order chi connectivity index (χ0) is 29.1. The van der Waals surface area contributed by atoms with Gasteiger partial charge in [0.2, 0.25) is 17.8 Å². The van der Waals surface area contributed by atoms with E-state index in [2.05, 4.69) is 43.1 Å². The number of aldehydes is 1. The van der Waals surface area contributed by atoms with Crippen molar-refractivity contribution >= 4 is 35.7 Å². The van der Waals surface area contributed by atoms with Gasteiger partial charge in [-0.1, -0.05) is 43.7 Å². The van der Waals surface area contributed by atoms with Crippen molar-refractivity contribution in [2.75, 3.05) is 68.6 Å². The maximum Gasteiger partial charge on any atom is 0.251 e. The zero-order valence-corrected chi connectivity index (χ0v) is 23.5. The quantitative estimate of drug-likeness (QED) is 0.101. The molecule has 0 saturated carbocycles. The first kappa shape index (κ1) is 31.4. The van der Waals surface area contributed by atoms with E-state index in [0.717, 1.165) is 37.7 Å². The van der Waals surface area contributed by atoms with E-state index in [4.69, 9.17) is 15.2 Å². The molecule has 0 unspecified atom stereocenters. The van der Waals surface area contributed by atoms with Gasteiger partial charge in [-0.05, 0) is 36.6 Å². The Kier molecular flexibility index (Phi) is 14.0. The summed E-state index contributed by atoms with van der Waals surface area (Å²) in [7, 11) is 0. The molecule has 1 heterocycles. The lowest BCUT2D eigenvalue weighted by atomic mass is 10.1. The number of nitrogens with one attached hydrogen (secondary N) is 4. The maximum absolute atomic E-state index is 12.6. The van der Waals surface area contributed by atoms with Gasteiger partial charge in [0.1, 0.15) is 6.29 Å². The lowest BCUT2D eigenvalue weighted by Gasteiger charge is -2.12. The fourth-order valence-corrected chi connectivity index (χ4v) is 3.66. The number of ether oxygens (including phenoxy) is 2. The number of rotatable bonds is 20. The standard InChI is InChI=1S/C29H40N8O4/c1-2-3-13-32-27-35-28(33-14-11-22-7-9-23(21-38)10-8-22)37-29(36-27)34-25-6-4-5-24(20-25)26(39)31-15-17-41-19-18-40-16-12-30/h4-10,20-21H,2-3,11-19,30H2,1H3,(H,31,39)(H3,32,33,34,35,36,37). The molecule has 12 nitrogen and oxygen atoms in total. The zero-order valence-electron chi connectivity index (χ0n) is 23.5. The summed E-state index contributed by atoms with van der Waals surface area (Å²) < 4.78 is 10.7. The van der Waals surface area contributed by atoms with Crippen molar-refractivity contribution in [3.8, 4) is 0 Å². The third-order valence-corrected chi connectivity index (χ3v) is 5.81. The summed E-state index contributed by atoms with van der Waals surface area (Å²) in [5.41, 5.74) is 8.27. The molecule has 2 aromatic carbocycles. The van der Waals surface area contributed by atoms with Gasteiger partial charge in [0.05, 0.1) is 26.4 Å². The number of hydrogen-bond acceptors (Lipinski definition) is 11. The second kappa shape index (κ2) is 18.3. The molecule has 3 rings (SSSR count). The number of benzene rings is 2. The van der Waals surface area contributed by atoms with E-state index < -0.39 is 0 Å². The number of nitrogens with zero attached hydrogens (tertiary/aromatic N) is 3. The molecule has 0 atom stereocenters. The molecule has 41 heavy (non-hydrogen) atoms. The monoisotopic (exact) mass is 564 g/mol. The highest BCUT2D eigenvalue weighted by atomic mass is 16.5. The highest BCUT2D eigenvalue weighted by Crippen LogP contribution is 2.18. The molecule has 0 fully saturated rings. The summed E-state index contributed by atoms with van der Waals surface area (Å²) in [6.45, 7) is 6.11. The third-order valence-electron chi connectivity index (χ3n) is 5.81. The van der Waals surface area contributed by atoms with Crippen LogP contribution in [0.25, 0.3) is 0 Å². The molecule has 0 aliphatic rings. The predicted molar refractivity (Wildman–Crippen MR) is 160 cm³/mol. The van der Waals surface area contributed by atoms with Gasteiger partial charge in [0.25, 0.3) is 5.91 Å². The Morgan fingerprint density at radius 1 is 0.878 bits per heavy atom. The number of nitrogens with two attached hydrogens (primary N) is 1. The van der Waals surface area contributed by atoms with Gasteiger partial charge >= 0.3 is 0 Å². The van der Waals surface area contributed by atoms with E-state index in [9.17, 15) is 9.59 Å². The predicted octanol–water partition coefficient (Wildman–Crippen LogP) is 3.02. The summed E-state index contributed by atoms with van der Waals surface area (Å²) in [6.07, 6.45) is 3.59. The molecule has 1 amide bonds.